The number of hydrogen-bond acceptors (Lipinski definition) is 5. The van der Waals surface area contributed by atoms with Crippen LogP contribution in [0.1, 0.15) is 25.5 Å². The predicted molar refractivity (Wildman–Crippen MR) is 66.0 cm³/mol. The Morgan fingerprint density at radius 2 is 2.25 bits per heavy atom. The maximum Gasteiger partial charge on any atom is 0.324 e. The summed E-state index contributed by atoms with van der Waals surface area (Å²) < 4.78 is 0. The summed E-state index contributed by atoms with van der Waals surface area (Å²) in [6, 6.07) is 1.07. The van der Waals surface area contributed by atoms with Gasteiger partial charge in [0, 0.05) is 29.5 Å². The minimum Gasteiger partial charge on any atom is -0.396 e. The minimum atomic E-state index is -0.477. The molecule has 0 saturated carbocycles. The van der Waals surface area contributed by atoms with Crippen molar-refractivity contribution in [1.82, 2.24) is 0 Å². The van der Waals surface area contributed by atoms with E-state index in [1.165, 1.54) is 6.07 Å². The zero-order chi connectivity index (χ0) is 11.6. The number of aliphatic hydroxyl groups excluding tert-OH is 1. The average molecular weight is 267 g/mol. The number of nitro groups is 1. The molecule has 0 saturated heterocycles. The molecule has 0 spiro atoms. The molecule has 0 fully saturated rings. The number of hydrogen-bond donors (Lipinski definition) is 2. The molecule has 5 nitrogen and oxygen atoms in total. The monoisotopic (exact) mass is 266 g/mol. The number of halogens is 1. The first-order chi connectivity index (χ1) is 6.88. The summed E-state index contributed by atoms with van der Waals surface area (Å²) in [5, 5.41) is 21.4. The first-order valence-corrected chi connectivity index (χ1v) is 5.35. The summed E-state index contributed by atoms with van der Waals surface area (Å²) in [5.41, 5.74) is 6.14. The second-order valence-corrected chi connectivity index (χ2v) is 4.99. The van der Waals surface area contributed by atoms with Crippen LogP contribution in [-0.2, 0) is 0 Å². The fraction of sp³-hybridized carbons (Fsp3) is 0.556. The maximum atomic E-state index is 10.5. The van der Waals surface area contributed by atoms with Crippen molar-refractivity contribution in [3.63, 3.8) is 0 Å². The number of nitrogens with zero attached hydrogens (tertiary/aromatic N) is 1. The van der Waals surface area contributed by atoms with Gasteiger partial charge in [-0.15, -0.1) is 12.4 Å². The van der Waals surface area contributed by atoms with Crippen molar-refractivity contribution in [2.24, 2.45) is 11.1 Å². The van der Waals surface area contributed by atoms with Crippen LogP contribution in [0.5, 0.6) is 0 Å². The van der Waals surface area contributed by atoms with Gasteiger partial charge in [-0.05, 0) is 5.56 Å². The highest BCUT2D eigenvalue weighted by molar-refractivity contribution is 7.13. The normalized spacial score (nSPS) is 13.0. The summed E-state index contributed by atoms with van der Waals surface area (Å²) in [4.78, 5) is 10.0. The zero-order valence-electron chi connectivity index (χ0n) is 9.04. The molecule has 16 heavy (non-hydrogen) atoms. The van der Waals surface area contributed by atoms with Crippen LogP contribution < -0.4 is 5.73 Å². The Kier molecular flexibility index (Phi) is 5.34. The Morgan fingerprint density at radius 1 is 1.69 bits per heavy atom. The topological polar surface area (TPSA) is 89.4 Å². The molecular weight excluding hydrogens is 252 g/mol. The second-order valence-electron chi connectivity index (χ2n) is 4.10. The van der Waals surface area contributed by atoms with Gasteiger partial charge in [0.2, 0.25) is 0 Å². The molecule has 1 aromatic rings. The molecule has 0 unspecified atom stereocenters. The second kappa shape index (κ2) is 5.58. The van der Waals surface area contributed by atoms with Gasteiger partial charge in [-0.1, -0.05) is 25.2 Å². The molecule has 0 aliphatic heterocycles. The van der Waals surface area contributed by atoms with Crippen molar-refractivity contribution in [3.05, 3.63) is 27.1 Å². The van der Waals surface area contributed by atoms with Crippen molar-refractivity contribution in [2.45, 2.75) is 19.9 Å². The van der Waals surface area contributed by atoms with Crippen LogP contribution in [-0.4, -0.2) is 16.6 Å². The number of thiophene rings is 1. The van der Waals surface area contributed by atoms with Gasteiger partial charge in [-0.3, -0.25) is 10.1 Å². The molecule has 7 heteroatoms. The summed E-state index contributed by atoms with van der Waals surface area (Å²) in [6.45, 7) is 3.58. The van der Waals surface area contributed by atoms with E-state index in [2.05, 4.69) is 0 Å². The predicted octanol–water partition coefficient (Wildman–Crippen LogP) is 2.10. The first kappa shape index (κ1) is 15.3. The number of nitrogens with two attached hydrogens (primary N) is 1. The van der Waals surface area contributed by atoms with E-state index >= 15 is 0 Å². The Bertz CT molecular complexity index is 367. The third-order valence-electron chi connectivity index (χ3n) is 2.39. The summed E-state index contributed by atoms with van der Waals surface area (Å²) in [5.74, 6) is 0. The molecule has 0 bridgehead atoms. The van der Waals surface area contributed by atoms with Gasteiger partial charge in [0.1, 0.15) is 0 Å². The standard InChI is InChI=1S/C9H14N2O3S.ClH/c1-9(2,5-12)8(10)6-3-7(11(13)14)15-4-6;/h3-4,8,12H,5,10H2,1-2H3;1H/t8-;/m1./s1. The van der Waals surface area contributed by atoms with Gasteiger partial charge < -0.3 is 10.8 Å². The van der Waals surface area contributed by atoms with Gasteiger partial charge in [-0.2, -0.15) is 0 Å². The van der Waals surface area contributed by atoms with Crippen molar-refractivity contribution < 1.29 is 10.0 Å². The molecule has 92 valence electrons. The van der Waals surface area contributed by atoms with E-state index in [1.54, 1.807) is 5.38 Å². The van der Waals surface area contributed by atoms with E-state index in [-0.39, 0.29) is 24.0 Å². The van der Waals surface area contributed by atoms with E-state index in [9.17, 15) is 10.1 Å². The molecule has 0 aliphatic carbocycles. The first-order valence-electron chi connectivity index (χ1n) is 4.48. The highest BCUT2D eigenvalue weighted by Crippen LogP contribution is 2.35. The molecule has 3 N–H and O–H groups in total. The van der Waals surface area contributed by atoms with Gasteiger partial charge in [0.15, 0.2) is 0 Å². The zero-order valence-corrected chi connectivity index (χ0v) is 10.7. The van der Waals surface area contributed by atoms with Gasteiger partial charge >= 0.3 is 5.00 Å². The van der Waals surface area contributed by atoms with Crippen LogP contribution >= 0.6 is 23.7 Å². The molecular formula is C9H15ClN2O3S. The van der Waals surface area contributed by atoms with Crippen LogP contribution in [0.3, 0.4) is 0 Å². The van der Waals surface area contributed by atoms with E-state index in [4.69, 9.17) is 10.8 Å². The van der Waals surface area contributed by atoms with Gasteiger partial charge in [0.25, 0.3) is 0 Å². The molecule has 1 atom stereocenters. The van der Waals surface area contributed by atoms with Crippen LogP contribution in [0.25, 0.3) is 0 Å². The van der Waals surface area contributed by atoms with Crippen molar-refractivity contribution in [2.75, 3.05) is 6.61 Å². The molecule has 1 rings (SSSR count). The largest absolute Gasteiger partial charge is 0.396 e. The summed E-state index contributed by atoms with van der Waals surface area (Å²) in [7, 11) is 0. The molecule has 0 aromatic carbocycles. The SMILES string of the molecule is CC(C)(CO)[C@H](N)c1csc([N+](=O)[O-])c1.Cl. The quantitative estimate of drug-likeness (QED) is 0.645. The van der Waals surface area contributed by atoms with Gasteiger partial charge in [-0.25, -0.2) is 0 Å². The maximum absolute atomic E-state index is 10.5. The summed E-state index contributed by atoms with van der Waals surface area (Å²) in [6.07, 6.45) is 0. The lowest BCUT2D eigenvalue weighted by atomic mass is 9.83. The average Bonchev–Trinajstić information content (AvgIpc) is 2.65. The Labute approximate surface area is 104 Å². The van der Waals surface area contributed by atoms with Crippen molar-refractivity contribution in [3.8, 4) is 0 Å². The van der Waals surface area contributed by atoms with Gasteiger partial charge in [0.05, 0.1) is 4.92 Å². The van der Waals surface area contributed by atoms with E-state index in [0.717, 1.165) is 11.3 Å². The Hall–Kier alpha value is -0.690. The number of rotatable bonds is 4. The highest BCUT2D eigenvalue weighted by atomic mass is 35.5. The van der Waals surface area contributed by atoms with Crippen LogP contribution in [0.15, 0.2) is 11.4 Å². The lowest BCUT2D eigenvalue weighted by Gasteiger charge is -2.28. The van der Waals surface area contributed by atoms with E-state index < -0.39 is 16.4 Å². The molecule has 0 aliphatic rings. The van der Waals surface area contributed by atoms with E-state index in [1.807, 2.05) is 13.8 Å². The lowest BCUT2D eigenvalue weighted by Crippen LogP contribution is -2.32. The Balaban J connectivity index is 0.00000225. The third kappa shape index (κ3) is 3.15. The van der Waals surface area contributed by atoms with Crippen LogP contribution in [0.2, 0.25) is 0 Å². The smallest absolute Gasteiger partial charge is 0.324 e. The lowest BCUT2D eigenvalue weighted by molar-refractivity contribution is -0.380. The fourth-order valence-electron chi connectivity index (χ4n) is 1.15. The highest BCUT2D eigenvalue weighted by Gasteiger charge is 2.28. The van der Waals surface area contributed by atoms with Crippen molar-refractivity contribution >= 4 is 28.7 Å². The van der Waals surface area contributed by atoms with E-state index in [0.29, 0.717) is 5.56 Å². The third-order valence-corrected chi connectivity index (χ3v) is 3.29. The minimum absolute atomic E-state index is 0. The van der Waals surface area contributed by atoms with Crippen molar-refractivity contribution in [1.29, 1.82) is 0 Å². The molecule has 1 heterocycles. The molecule has 0 amide bonds. The molecule has 0 radical (unpaired) electrons. The summed E-state index contributed by atoms with van der Waals surface area (Å²) >= 11 is 1.05. The molecule has 1 aromatic heterocycles. The fourth-order valence-corrected chi connectivity index (χ4v) is 1.91. The van der Waals surface area contributed by atoms with Crippen LogP contribution in [0.4, 0.5) is 5.00 Å². The van der Waals surface area contributed by atoms with Crippen LogP contribution in [0, 0.1) is 15.5 Å². The number of aliphatic hydroxyl groups is 1. The Morgan fingerprint density at radius 3 is 2.62 bits per heavy atom.